The fourth-order valence-corrected chi connectivity index (χ4v) is 3.71. The van der Waals surface area contributed by atoms with Gasteiger partial charge in [0.05, 0.1) is 12.9 Å². The van der Waals surface area contributed by atoms with Gasteiger partial charge < -0.3 is 10.1 Å². The number of nitrogens with zero attached hydrogens (tertiary/aromatic N) is 3. The molecule has 3 aromatic carbocycles. The van der Waals surface area contributed by atoms with Crippen molar-refractivity contribution in [2.75, 3.05) is 18.2 Å². The van der Waals surface area contributed by atoms with Gasteiger partial charge >= 0.3 is 0 Å². The van der Waals surface area contributed by atoms with Crippen molar-refractivity contribution in [3.8, 4) is 22.8 Å². The number of halogens is 1. The standard InChI is InChI=1S/C23H19FN4O2S/c1-30-20-13-11-18(12-14-20)25-21(29)15-31-23-27-26-22(16-7-9-17(24)10-8-16)28(23)19-5-3-2-4-6-19/h2-14H,15H2,1H3,(H,25,29). The highest BCUT2D eigenvalue weighted by molar-refractivity contribution is 7.99. The number of thioether (sulfide) groups is 1. The Morgan fingerprint density at radius 2 is 1.71 bits per heavy atom. The van der Waals surface area contributed by atoms with E-state index >= 15 is 0 Å². The van der Waals surface area contributed by atoms with Crippen LogP contribution >= 0.6 is 11.8 Å². The number of anilines is 1. The number of methoxy groups -OCH3 is 1. The first-order valence-corrected chi connectivity index (χ1v) is 10.5. The molecule has 4 aromatic rings. The average molecular weight is 434 g/mol. The average Bonchev–Trinajstić information content (AvgIpc) is 3.23. The molecule has 1 aromatic heterocycles. The van der Waals surface area contributed by atoms with Crippen LogP contribution in [0.1, 0.15) is 0 Å². The third kappa shape index (κ3) is 4.92. The summed E-state index contributed by atoms with van der Waals surface area (Å²) in [7, 11) is 1.59. The minimum Gasteiger partial charge on any atom is -0.497 e. The summed E-state index contributed by atoms with van der Waals surface area (Å²) >= 11 is 1.27. The number of ether oxygens (including phenoxy) is 1. The monoisotopic (exact) mass is 434 g/mol. The van der Waals surface area contributed by atoms with E-state index in [1.807, 2.05) is 34.9 Å². The van der Waals surface area contributed by atoms with E-state index in [0.717, 1.165) is 17.0 Å². The SMILES string of the molecule is COc1ccc(NC(=O)CSc2nnc(-c3ccc(F)cc3)n2-c2ccccc2)cc1. The molecule has 0 aliphatic rings. The number of hydrogen-bond donors (Lipinski definition) is 1. The number of para-hydroxylation sites is 1. The lowest BCUT2D eigenvalue weighted by molar-refractivity contribution is -0.113. The molecule has 8 heteroatoms. The number of carbonyl (C=O) groups is 1. The van der Waals surface area contributed by atoms with Gasteiger partial charge in [-0.3, -0.25) is 9.36 Å². The van der Waals surface area contributed by atoms with Gasteiger partial charge in [-0.05, 0) is 60.7 Å². The molecule has 156 valence electrons. The fourth-order valence-electron chi connectivity index (χ4n) is 2.96. The van der Waals surface area contributed by atoms with Gasteiger partial charge in [-0.1, -0.05) is 30.0 Å². The fraction of sp³-hybridized carbons (Fsp3) is 0.0870. The zero-order valence-electron chi connectivity index (χ0n) is 16.7. The van der Waals surface area contributed by atoms with Gasteiger partial charge in [0.25, 0.3) is 0 Å². The summed E-state index contributed by atoms with van der Waals surface area (Å²) in [4.78, 5) is 12.4. The van der Waals surface area contributed by atoms with Crippen molar-refractivity contribution in [3.05, 3.63) is 84.7 Å². The highest BCUT2D eigenvalue weighted by Crippen LogP contribution is 2.28. The van der Waals surface area contributed by atoms with Crippen LogP contribution in [0, 0.1) is 5.82 Å². The number of amides is 1. The Hall–Kier alpha value is -3.65. The highest BCUT2D eigenvalue weighted by Gasteiger charge is 2.17. The molecule has 6 nitrogen and oxygen atoms in total. The summed E-state index contributed by atoms with van der Waals surface area (Å²) in [5, 5.41) is 12.0. The van der Waals surface area contributed by atoms with Crippen LogP contribution in [0.2, 0.25) is 0 Å². The van der Waals surface area contributed by atoms with Crippen LogP contribution in [0.25, 0.3) is 17.1 Å². The Morgan fingerprint density at radius 1 is 1.00 bits per heavy atom. The Bertz CT molecular complexity index is 1160. The Balaban J connectivity index is 1.55. The van der Waals surface area contributed by atoms with Gasteiger partial charge in [0.1, 0.15) is 11.6 Å². The van der Waals surface area contributed by atoms with Crippen LogP contribution in [0.3, 0.4) is 0 Å². The van der Waals surface area contributed by atoms with Crippen molar-refractivity contribution in [2.24, 2.45) is 0 Å². The first-order valence-electron chi connectivity index (χ1n) is 9.47. The van der Waals surface area contributed by atoms with Crippen molar-refractivity contribution < 1.29 is 13.9 Å². The van der Waals surface area contributed by atoms with Gasteiger partial charge in [-0.15, -0.1) is 10.2 Å². The molecule has 31 heavy (non-hydrogen) atoms. The molecule has 0 saturated carbocycles. The normalized spacial score (nSPS) is 10.6. The van der Waals surface area contributed by atoms with Gasteiger partial charge in [-0.25, -0.2) is 4.39 Å². The molecule has 0 saturated heterocycles. The maximum Gasteiger partial charge on any atom is 0.234 e. The van der Waals surface area contributed by atoms with E-state index in [-0.39, 0.29) is 17.5 Å². The van der Waals surface area contributed by atoms with E-state index in [4.69, 9.17) is 4.74 Å². The minimum absolute atomic E-state index is 0.153. The van der Waals surface area contributed by atoms with E-state index in [1.165, 1.54) is 23.9 Å². The summed E-state index contributed by atoms with van der Waals surface area (Å²) < 4.78 is 20.3. The highest BCUT2D eigenvalue weighted by atomic mass is 32.2. The summed E-state index contributed by atoms with van der Waals surface area (Å²) in [6.45, 7) is 0. The van der Waals surface area contributed by atoms with Crippen LogP contribution in [0.4, 0.5) is 10.1 Å². The lowest BCUT2D eigenvalue weighted by Gasteiger charge is -2.10. The first-order chi connectivity index (χ1) is 15.1. The third-order valence-electron chi connectivity index (χ3n) is 4.46. The van der Waals surface area contributed by atoms with Crippen LogP contribution in [0.5, 0.6) is 5.75 Å². The van der Waals surface area contributed by atoms with Crippen LogP contribution in [-0.2, 0) is 4.79 Å². The molecule has 0 aliphatic carbocycles. The molecular weight excluding hydrogens is 415 g/mol. The first kappa shape index (κ1) is 20.6. The maximum absolute atomic E-state index is 13.4. The largest absolute Gasteiger partial charge is 0.497 e. The molecule has 1 N–H and O–H groups in total. The third-order valence-corrected chi connectivity index (χ3v) is 5.39. The molecule has 0 bridgehead atoms. The molecule has 0 atom stereocenters. The van der Waals surface area contributed by atoms with Gasteiger partial charge in [-0.2, -0.15) is 0 Å². The molecule has 1 heterocycles. The molecule has 0 unspecified atom stereocenters. The molecular formula is C23H19FN4O2S. The predicted octanol–water partition coefficient (Wildman–Crippen LogP) is 4.81. The predicted molar refractivity (Wildman–Crippen MR) is 119 cm³/mol. The Labute approximate surface area is 183 Å². The molecule has 0 radical (unpaired) electrons. The molecule has 0 fully saturated rings. The number of nitrogens with one attached hydrogen (secondary N) is 1. The summed E-state index contributed by atoms with van der Waals surface area (Å²) in [6, 6.07) is 22.8. The molecule has 0 aliphatic heterocycles. The Kier molecular flexibility index (Phi) is 6.28. The second kappa shape index (κ2) is 9.44. The smallest absolute Gasteiger partial charge is 0.234 e. The number of rotatable bonds is 7. The topological polar surface area (TPSA) is 69.0 Å². The molecule has 4 rings (SSSR count). The van der Waals surface area contributed by atoms with Crippen molar-refractivity contribution in [1.29, 1.82) is 0 Å². The second-order valence-corrected chi connectivity index (χ2v) is 7.49. The Morgan fingerprint density at radius 3 is 2.39 bits per heavy atom. The number of benzene rings is 3. The van der Waals surface area contributed by atoms with Crippen molar-refractivity contribution in [3.63, 3.8) is 0 Å². The zero-order valence-corrected chi connectivity index (χ0v) is 17.5. The van der Waals surface area contributed by atoms with Gasteiger partial charge in [0.2, 0.25) is 5.91 Å². The zero-order chi connectivity index (χ0) is 21.6. The quantitative estimate of drug-likeness (QED) is 0.423. The van der Waals surface area contributed by atoms with E-state index in [2.05, 4.69) is 15.5 Å². The second-order valence-electron chi connectivity index (χ2n) is 6.55. The van der Waals surface area contributed by atoms with E-state index in [9.17, 15) is 9.18 Å². The number of hydrogen-bond acceptors (Lipinski definition) is 5. The van der Waals surface area contributed by atoms with Crippen LogP contribution in [0.15, 0.2) is 84.0 Å². The van der Waals surface area contributed by atoms with Crippen LogP contribution < -0.4 is 10.1 Å². The van der Waals surface area contributed by atoms with E-state index in [1.54, 1.807) is 43.5 Å². The summed E-state index contributed by atoms with van der Waals surface area (Å²) in [6.07, 6.45) is 0. The summed E-state index contributed by atoms with van der Waals surface area (Å²) in [5.41, 5.74) is 2.26. The minimum atomic E-state index is -0.320. The van der Waals surface area contributed by atoms with E-state index in [0.29, 0.717) is 16.7 Å². The number of carbonyl (C=O) groups excluding carboxylic acids is 1. The van der Waals surface area contributed by atoms with Crippen molar-refractivity contribution >= 4 is 23.4 Å². The van der Waals surface area contributed by atoms with E-state index < -0.39 is 0 Å². The summed E-state index contributed by atoms with van der Waals surface area (Å²) in [5.74, 6) is 0.960. The number of aromatic nitrogens is 3. The molecule has 1 amide bonds. The lowest BCUT2D eigenvalue weighted by atomic mass is 10.2. The van der Waals surface area contributed by atoms with Crippen LogP contribution in [-0.4, -0.2) is 33.5 Å². The van der Waals surface area contributed by atoms with Gasteiger partial charge in [0.15, 0.2) is 11.0 Å². The lowest BCUT2D eigenvalue weighted by Crippen LogP contribution is -2.14. The van der Waals surface area contributed by atoms with Gasteiger partial charge in [0, 0.05) is 16.9 Å². The van der Waals surface area contributed by atoms with Crippen molar-refractivity contribution in [1.82, 2.24) is 14.8 Å². The maximum atomic E-state index is 13.4. The molecule has 0 spiro atoms. The van der Waals surface area contributed by atoms with Crippen molar-refractivity contribution in [2.45, 2.75) is 5.16 Å².